The minimum absolute atomic E-state index is 0.150. The highest BCUT2D eigenvalue weighted by Gasteiger charge is 2.43. The van der Waals surface area contributed by atoms with E-state index < -0.39 is 0 Å². The maximum Gasteiger partial charge on any atom is 0.244 e. The van der Waals surface area contributed by atoms with Crippen molar-refractivity contribution in [2.75, 3.05) is 19.6 Å². The lowest BCUT2D eigenvalue weighted by molar-refractivity contribution is -0.133. The molecule has 2 saturated heterocycles. The summed E-state index contributed by atoms with van der Waals surface area (Å²) in [6.07, 6.45) is 3.04. The van der Waals surface area contributed by atoms with Crippen LogP contribution in [-0.2, 0) is 11.3 Å². The molecule has 3 atom stereocenters. The minimum Gasteiger partial charge on any atom is -0.338 e. The fraction of sp³-hybridized carbons (Fsp3) is 0.727. The number of nitrogens with one attached hydrogen (secondary N) is 1. The first kappa shape index (κ1) is 10.7. The predicted octanol–water partition coefficient (Wildman–Crippen LogP) is -0.656. The highest BCUT2D eigenvalue weighted by Crippen LogP contribution is 2.32. The van der Waals surface area contributed by atoms with E-state index in [0.717, 1.165) is 19.6 Å². The summed E-state index contributed by atoms with van der Waals surface area (Å²) in [5.41, 5.74) is 0. The number of hydrogen-bond donors (Lipinski definition) is 1. The van der Waals surface area contributed by atoms with Crippen LogP contribution in [0.25, 0.3) is 0 Å². The van der Waals surface area contributed by atoms with Gasteiger partial charge in [-0.3, -0.25) is 4.79 Å². The molecule has 0 spiro atoms. The Morgan fingerprint density at radius 2 is 2.41 bits per heavy atom. The van der Waals surface area contributed by atoms with Gasteiger partial charge < -0.3 is 10.2 Å². The summed E-state index contributed by atoms with van der Waals surface area (Å²) in [7, 11) is 0. The second-order valence-electron chi connectivity index (χ2n) is 4.96. The molecule has 0 saturated carbocycles. The number of hydrogen-bond acceptors (Lipinski definition) is 4. The fourth-order valence-electron chi connectivity index (χ4n) is 3.04. The normalized spacial score (nSPS) is 31.8. The maximum atomic E-state index is 12.2. The quantitative estimate of drug-likeness (QED) is 0.739. The Morgan fingerprint density at radius 1 is 1.53 bits per heavy atom. The Balaban J connectivity index is 1.67. The van der Waals surface area contributed by atoms with Crippen molar-refractivity contribution in [1.82, 2.24) is 25.0 Å². The Labute approximate surface area is 100 Å². The first-order valence-electron chi connectivity index (χ1n) is 6.08. The zero-order valence-electron chi connectivity index (χ0n) is 9.91. The van der Waals surface area contributed by atoms with Crippen molar-refractivity contribution in [2.24, 2.45) is 11.8 Å². The third-order valence-corrected chi connectivity index (χ3v) is 4.02. The monoisotopic (exact) mass is 235 g/mol. The number of carbonyl (C=O) groups is 1. The second-order valence-corrected chi connectivity index (χ2v) is 4.96. The van der Waals surface area contributed by atoms with Gasteiger partial charge in [0.2, 0.25) is 5.91 Å². The van der Waals surface area contributed by atoms with Crippen LogP contribution in [0.1, 0.15) is 6.92 Å². The molecular weight excluding hydrogens is 218 g/mol. The van der Waals surface area contributed by atoms with E-state index in [2.05, 4.69) is 22.3 Å². The highest BCUT2D eigenvalue weighted by atomic mass is 16.2. The van der Waals surface area contributed by atoms with E-state index in [4.69, 9.17) is 0 Å². The third kappa shape index (κ3) is 1.82. The Kier molecular flexibility index (Phi) is 2.58. The van der Waals surface area contributed by atoms with Crippen LogP contribution in [0.3, 0.4) is 0 Å². The number of nitrogens with zero attached hydrogens (tertiary/aromatic N) is 4. The lowest BCUT2D eigenvalue weighted by Crippen LogP contribution is -2.40. The van der Waals surface area contributed by atoms with E-state index in [0.29, 0.717) is 24.4 Å². The van der Waals surface area contributed by atoms with Gasteiger partial charge in [-0.1, -0.05) is 0 Å². The molecule has 3 rings (SSSR count). The van der Waals surface area contributed by atoms with Gasteiger partial charge in [0, 0.05) is 25.7 Å². The van der Waals surface area contributed by atoms with Gasteiger partial charge in [0.05, 0.1) is 0 Å². The van der Waals surface area contributed by atoms with Crippen molar-refractivity contribution in [1.29, 1.82) is 0 Å². The molecule has 2 aliphatic heterocycles. The molecule has 1 amide bonds. The zero-order chi connectivity index (χ0) is 11.8. The van der Waals surface area contributed by atoms with Crippen LogP contribution in [-0.4, -0.2) is 51.2 Å². The van der Waals surface area contributed by atoms with E-state index in [1.54, 1.807) is 11.0 Å². The fourth-order valence-corrected chi connectivity index (χ4v) is 3.04. The smallest absolute Gasteiger partial charge is 0.244 e. The molecule has 92 valence electrons. The molecule has 3 unspecified atom stereocenters. The van der Waals surface area contributed by atoms with Crippen LogP contribution in [0, 0.1) is 11.8 Å². The summed E-state index contributed by atoms with van der Waals surface area (Å²) in [6, 6.07) is 0.339. The number of likely N-dealkylation sites (tertiary alicyclic amines) is 1. The molecule has 1 aromatic rings. The molecule has 6 nitrogen and oxygen atoms in total. The van der Waals surface area contributed by atoms with Crippen molar-refractivity contribution < 1.29 is 4.79 Å². The molecule has 2 fully saturated rings. The van der Waals surface area contributed by atoms with Crippen molar-refractivity contribution in [3.8, 4) is 0 Å². The van der Waals surface area contributed by atoms with Crippen LogP contribution in [0.15, 0.2) is 12.7 Å². The van der Waals surface area contributed by atoms with E-state index in [1.165, 1.54) is 6.33 Å². The summed E-state index contributed by atoms with van der Waals surface area (Å²) in [5.74, 6) is 1.40. The molecule has 6 heteroatoms. The highest BCUT2D eigenvalue weighted by molar-refractivity contribution is 5.76. The van der Waals surface area contributed by atoms with Crippen LogP contribution in [0.4, 0.5) is 0 Å². The SMILES string of the molecule is CC1C2CNCC2CN1C(=O)Cn1cncn1. The average Bonchev–Trinajstić information content (AvgIpc) is 2.97. The molecule has 3 heterocycles. The molecule has 17 heavy (non-hydrogen) atoms. The first-order chi connectivity index (χ1) is 8.25. The van der Waals surface area contributed by atoms with Gasteiger partial charge in [0.25, 0.3) is 0 Å². The molecule has 0 bridgehead atoms. The average molecular weight is 235 g/mol. The maximum absolute atomic E-state index is 12.2. The molecular formula is C11H17N5O. The van der Waals surface area contributed by atoms with E-state index >= 15 is 0 Å². The van der Waals surface area contributed by atoms with Gasteiger partial charge in [-0.25, -0.2) is 9.67 Å². The Morgan fingerprint density at radius 3 is 3.12 bits per heavy atom. The minimum atomic E-state index is 0.150. The van der Waals surface area contributed by atoms with Gasteiger partial charge in [-0.2, -0.15) is 5.10 Å². The topological polar surface area (TPSA) is 63.1 Å². The van der Waals surface area contributed by atoms with Gasteiger partial charge in [0.1, 0.15) is 19.2 Å². The number of amides is 1. The lowest BCUT2D eigenvalue weighted by atomic mass is 9.95. The summed E-state index contributed by atoms with van der Waals surface area (Å²) in [6.45, 7) is 5.42. The molecule has 1 aromatic heterocycles. The number of aromatic nitrogens is 3. The third-order valence-electron chi connectivity index (χ3n) is 4.02. The van der Waals surface area contributed by atoms with Gasteiger partial charge in [0.15, 0.2) is 0 Å². The van der Waals surface area contributed by atoms with Crippen LogP contribution in [0.2, 0.25) is 0 Å². The standard InChI is InChI=1S/C11H17N5O/c1-8-10-3-12-2-9(10)4-16(8)11(17)5-15-7-13-6-14-15/h6-10,12H,2-5H2,1H3. The molecule has 0 radical (unpaired) electrons. The van der Waals surface area contributed by atoms with Crippen molar-refractivity contribution in [3.05, 3.63) is 12.7 Å². The van der Waals surface area contributed by atoms with E-state index in [-0.39, 0.29) is 5.91 Å². The molecule has 0 aliphatic carbocycles. The number of carbonyl (C=O) groups excluding carboxylic acids is 1. The van der Waals surface area contributed by atoms with Gasteiger partial charge in [-0.05, 0) is 18.8 Å². The first-order valence-corrected chi connectivity index (χ1v) is 6.08. The summed E-state index contributed by atoms with van der Waals surface area (Å²) in [4.78, 5) is 18.0. The van der Waals surface area contributed by atoms with Crippen LogP contribution < -0.4 is 5.32 Å². The second kappa shape index (κ2) is 4.10. The lowest BCUT2D eigenvalue weighted by Gasteiger charge is -2.24. The largest absolute Gasteiger partial charge is 0.338 e. The number of rotatable bonds is 2. The summed E-state index contributed by atoms with van der Waals surface area (Å²) < 4.78 is 1.58. The van der Waals surface area contributed by atoms with Crippen molar-refractivity contribution in [3.63, 3.8) is 0 Å². The van der Waals surface area contributed by atoms with Gasteiger partial charge >= 0.3 is 0 Å². The van der Waals surface area contributed by atoms with E-state index in [9.17, 15) is 4.79 Å². The summed E-state index contributed by atoms with van der Waals surface area (Å²) >= 11 is 0. The number of fused-ring (bicyclic) bond motifs is 1. The predicted molar refractivity (Wildman–Crippen MR) is 61.0 cm³/mol. The molecule has 1 N–H and O–H groups in total. The van der Waals surface area contributed by atoms with Crippen LogP contribution >= 0.6 is 0 Å². The van der Waals surface area contributed by atoms with E-state index in [1.807, 2.05) is 4.90 Å². The van der Waals surface area contributed by atoms with Crippen molar-refractivity contribution >= 4 is 5.91 Å². The Hall–Kier alpha value is -1.43. The summed E-state index contributed by atoms with van der Waals surface area (Å²) in [5, 5.41) is 7.36. The van der Waals surface area contributed by atoms with Crippen molar-refractivity contribution in [2.45, 2.75) is 19.5 Å². The van der Waals surface area contributed by atoms with Crippen LogP contribution in [0.5, 0.6) is 0 Å². The molecule has 2 aliphatic rings. The molecule has 0 aromatic carbocycles. The Bertz CT molecular complexity index is 404. The van der Waals surface area contributed by atoms with Gasteiger partial charge in [-0.15, -0.1) is 0 Å². The zero-order valence-corrected chi connectivity index (χ0v) is 9.91.